The fourth-order valence-corrected chi connectivity index (χ4v) is 2.39. The van der Waals surface area contributed by atoms with Crippen molar-refractivity contribution >= 4 is 5.97 Å². The number of H-pyrrole nitrogens is 1. The smallest absolute Gasteiger partial charge is 0.432 e. The molecule has 0 aliphatic heterocycles. The van der Waals surface area contributed by atoms with Crippen molar-refractivity contribution in [2.45, 2.75) is 20.0 Å². The van der Waals surface area contributed by atoms with Gasteiger partial charge in [-0.25, -0.2) is 9.97 Å². The third kappa shape index (κ3) is 4.74. The molecule has 0 bridgehead atoms. The van der Waals surface area contributed by atoms with Gasteiger partial charge in [0, 0.05) is 23.4 Å². The average Bonchev–Trinajstić information content (AvgIpc) is 3.18. The van der Waals surface area contributed by atoms with E-state index in [-0.39, 0.29) is 12.4 Å². The summed E-state index contributed by atoms with van der Waals surface area (Å²) in [6, 6.07) is 10.2. The van der Waals surface area contributed by atoms with Crippen LogP contribution in [0.3, 0.4) is 0 Å². The summed E-state index contributed by atoms with van der Waals surface area (Å²) < 4.78 is 43.5. The quantitative estimate of drug-likeness (QED) is 0.623. The molecule has 9 heteroatoms. The number of nitrogens with zero attached hydrogens (tertiary/aromatic N) is 2. The second-order valence-electron chi connectivity index (χ2n) is 7.08. The van der Waals surface area contributed by atoms with E-state index >= 15 is 0 Å². The van der Waals surface area contributed by atoms with E-state index < -0.39 is 23.3 Å². The Morgan fingerprint density at radius 3 is 2.14 bits per heavy atom. The minimum absolute atomic E-state index is 0.0214. The molecule has 3 aromatic rings. The number of ether oxygens (including phenoxy) is 1. The molecule has 0 unspecified atom stereocenters. The Kier molecular flexibility index (Phi) is 5.32. The molecule has 0 fully saturated rings. The molecule has 3 rings (SSSR count). The van der Waals surface area contributed by atoms with Crippen molar-refractivity contribution in [2.24, 2.45) is 5.41 Å². The molecule has 0 aliphatic carbocycles. The first-order valence-electron chi connectivity index (χ1n) is 8.61. The van der Waals surface area contributed by atoms with Gasteiger partial charge < -0.3 is 14.8 Å². The fraction of sp³-hybridized carbons (Fsp3) is 0.250. The molecule has 2 N–H and O–H groups in total. The third-order valence-electron chi connectivity index (χ3n) is 4.27. The van der Waals surface area contributed by atoms with Gasteiger partial charge in [-0.2, -0.15) is 13.2 Å². The van der Waals surface area contributed by atoms with Gasteiger partial charge in [-0.15, -0.1) is 0 Å². The van der Waals surface area contributed by atoms with E-state index in [0.29, 0.717) is 11.4 Å². The summed E-state index contributed by atoms with van der Waals surface area (Å²) in [5.41, 5.74) is 0.169. The molecule has 0 saturated heterocycles. The van der Waals surface area contributed by atoms with E-state index in [1.807, 2.05) is 0 Å². The van der Waals surface area contributed by atoms with Gasteiger partial charge in [0.1, 0.15) is 18.1 Å². The van der Waals surface area contributed by atoms with Crippen LogP contribution in [0.5, 0.6) is 5.88 Å². The largest absolute Gasteiger partial charge is 0.481 e. The second-order valence-corrected chi connectivity index (χ2v) is 7.08. The molecule has 2 heterocycles. The number of carboxylic acids is 1. The molecule has 6 nitrogen and oxygen atoms in total. The van der Waals surface area contributed by atoms with E-state index in [9.17, 15) is 18.0 Å². The van der Waals surface area contributed by atoms with Gasteiger partial charge >= 0.3 is 12.1 Å². The van der Waals surface area contributed by atoms with Crippen LogP contribution in [0.15, 0.2) is 48.8 Å². The fourth-order valence-electron chi connectivity index (χ4n) is 2.39. The number of aromatic nitrogens is 3. The highest BCUT2D eigenvalue weighted by Crippen LogP contribution is 2.30. The number of carbonyl (C=O) groups is 1. The summed E-state index contributed by atoms with van der Waals surface area (Å²) in [5.74, 6) is -0.533. The van der Waals surface area contributed by atoms with Gasteiger partial charge in [-0.3, -0.25) is 4.79 Å². The van der Waals surface area contributed by atoms with Gasteiger partial charge in [0.15, 0.2) is 0 Å². The first kappa shape index (κ1) is 20.4. The molecule has 29 heavy (non-hydrogen) atoms. The van der Waals surface area contributed by atoms with E-state index in [4.69, 9.17) is 9.84 Å². The molecule has 0 spiro atoms. The summed E-state index contributed by atoms with van der Waals surface area (Å²) in [6.45, 7) is 3.09. The highest BCUT2D eigenvalue weighted by atomic mass is 19.4. The molecule has 0 aliphatic rings. The summed E-state index contributed by atoms with van der Waals surface area (Å²) in [7, 11) is 0. The number of hydrogen-bond donors (Lipinski definition) is 2. The summed E-state index contributed by atoms with van der Waals surface area (Å²) in [5, 5.41) is 9.10. The van der Waals surface area contributed by atoms with Crippen LogP contribution in [0.2, 0.25) is 0 Å². The Morgan fingerprint density at radius 2 is 1.62 bits per heavy atom. The van der Waals surface area contributed by atoms with Gasteiger partial charge in [0.05, 0.1) is 11.6 Å². The Balaban J connectivity index is 1.70. The number of benzene rings is 1. The Morgan fingerprint density at radius 1 is 1.00 bits per heavy atom. The lowest BCUT2D eigenvalue weighted by Crippen LogP contribution is -2.30. The third-order valence-corrected chi connectivity index (χ3v) is 4.27. The monoisotopic (exact) mass is 405 g/mol. The normalized spacial score (nSPS) is 12.0. The number of aliphatic carboxylic acids is 1. The second kappa shape index (κ2) is 7.57. The minimum Gasteiger partial charge on any atom is -0.481 e. The van der Waals surface area contributed by atoms with Crippen molar-refractivity contribution in [1.29, 1.82) is 0 Å². The maximum Gasteiger partial charge on any atom is 0.432 e. The zero-order valence-electron chi connectivity index (χ0n) is 15.6. The number of halogens is 3. The lowest BCUT2D eigenvalue weighted by atomic mass is 9.95. The summed E-state index contributed by atoms with van der Waals surface area (Å²) in [4.78, 5) is 21.3. The predicted molar refractivity (Wildman–Crippen MR) is 99.2 cm³/mol. The van der Waals surface area contributed by atoms with Crippen LogP contribution >= 0.6 is 0 Å². The molecule has 0 amide bonds. The number of aromatic amines is 1. The van der Waals surface area contributed by atoms with Crippen LogP contribution in [-0.4, -0.2) is 32.6 Å². The van der Waals surface area contributed by atoms with Crippen LogP contribution in [0.4, 0.5) is 13.2 Å². The number of nitrogens with one attached hydrogen (secondary N) is 1. The summed E-state index contributed by atoms with van der Waals surface area (Å²) >= 11 is 0. The maximum absolute atomic E-state index is 12.7. The van der Waals surface area contributed by atoms with Crippen molar-refractivity contribution < 1.29 is 27.8 Å². The number of pyridine rings is 1. The van der Waals surface area contributed by atoms with Gasteiger partial charge in [0.25, 0.3) is 0 Å². The number of carboxylic acid groups (broad SMARTS) is 1. The summed E-state index contributed by atoms with van der Waals surface area (Å²) in [6.07, 6.45) is -2.13. The SMILES string of the molecule is CC(C)(COc1ccc(-c2ccc(-c3ncc(C(F)(F)F)[nH]3)cc2)cn1)C(=O)O. The molecule has 2 aromatic heterocycles. The van der Waals surface area contributed by atoms with Crippen molar-refractivity contribution in [2.75, 3.05) is 6.61 Å². The highest BCUT2D eigenvalue weighted by molar-refractivity contribution is 5.73. The van der Waals surface area contributed by atoms with Crippen LogP contribution in [-0.2, 0) is 11.0 Å². The van der Waals surface area contributed by atoms with Crippen molar-refractivity contribution in [1.82, 2.24) is 15.0 Å². The first-order chi connectivity index (χ1) is 13.6. The van der Waals surface area contributed by atoms with Crippen LogP contribution < -0.4 is 4.74 Å². The van der Waals surface area contributed by atoms with E-state index in [1.165, 1.54) is 0 Å². The molecular formula is C20H18F3N3O3. The van der Waals surface area contributed by atoms with E-state index in [1.54, 1.807) is 56.4 Å². The number of alkyl halides is 3. The Bertz CT molecular complexity index is 994. The zero-order chi connectivity index (χ0) is 21.2. The van der Waals surface area contributed by atoms with Crippen molar-refractivity contribution in [3.05, 3.63) is 54.5 Å². The van der Waals surface area contributed by atoms with E-state index in [2.05, 4.69) is 15.0 Å². The highest BCUT2D eigenvalue weighted by Gasteiger charge is 2.33. The molecule has 0 saturated carbocycles. The van der Waals surface area contributed by atoms with Gasteiger partial charge in [-0.1, -0.05) is 24.3 Å². The first-order valence-corrected chi connectivity index (χ1v) is 8.61. The predicted octanol–water partition coefficient (Wildman–Crippen LogP) is 4.65. The van der Waals surface area contributed by atoms with Crippen molar-refractivity contribution in [3.63, 3.8) is 0 Å². The van der Waals surface area contributed by atoms with Gasteiger partial charge in [0.2, 0.25) is 5.88 Å². The van der Waals surface area contributed by atoms with Gasteiger partial charge in [-0.05, 0) is 25.5 Å². The molecule has 0 radical (unpaired) electrons. The molecule has 1 aromatic carbocycles. The average molecular weight is 405 g/mol. The standard InChI is InChI=1S/C20H18F3N3O3/c1-19(2,18(27)28)11-29-16-8-7-14(9-24-16)12-3-5-13(6-4-12)17-25-10-15(26-17)20(21,22)23/h3-10H,11H2,1-2H3,(H,25,26)(H,27,28). The minimum atomic E-state index is -4.47. The molecular weight excluding hydrogens is 387 g/mol. The number of hydrogen-bond acceptors (Lipinski definition) is 4. The van der Waals surface area contributed by atoms with Crippen molar-refractivity contribution in [3.8, 4) is 28.4 Å². The van der Waals surface area contributed by atoms with Crippen LogP contribution in [0, 0.1) is 5.41 Å². The topological polar surface area (TPSA) is 88.1 Å². The van der Waals surface area contributed by atoms with E-state index in [0.717, 1.165) is 17.3 Å². The van der Waals surface area contributed by atoms with Crippen LogP contribution in [0.1, 0.15) is 19.5 Å². The lowest BCUT2D eigenvalue weighted by Gasteiger charge is -2.18. The zero-order valence-corrected chi connectivity index (χ0v) is 15.6. The molecule has 152 valence electrons. The molecule has 0 atom stereocenters. The Labute approximate surface area is 164 Å². The Hall–Kier alpha value is -3.36. The van der Waals surface area contributed by atoms with Crippen LogP contribution in [0.25, 0.3) is 22.5 Å². The lowest BCUT2D eigenvalue weighted by molar-refractivity contribution is -0.148. The number of rotatable bonds is 6. The number of imidazole rings is 1. The maximum atomic E-state index is 12.7.